The molecule has 0 radical (unpaired) electrons. The van der Waals surface area contributed by atoms with Gasteiger partial charge in [-0.25, -0.2) is 8.42 Å². The molecule has 2 N–H and O–H groups in total. The molecule has 18 heavy (non-hydrogen) atoms. The molecule has 1 aromatic carbocycles. The minimum atomic E-state index is -3.35. The van der Waals surface area contributed by atoms with Crippen LogP contribution >= 0.6 is 0 Å². The maximum Gasteiger partial charge on any atom is 0.181 e. The molecule has 0 bridgehead atoms. The van der Waals surface area contributed by atoms with Gasteiger partial charge in [0.05, 0.1) is 16.8 Å². The summed E-state index contributed by atoms with van der Waals surface area (Å²) in [4.78, 5) is 0.376. The summed E-state index contributed by atoms with van der Waals surface area (Å²) in [5, 5.41) is 0. The molecule has 1 rings (SSSR count). The van der Waals surface area contributed by atoms with E-state index in [1.807, 2.05) is 26.0 Å². The largest absolute Gasteiger partial charge is 0.376 e. The van der Waals surface area contributed by atoms with Crippen LogP contribution in [0.15, 0.2) is 23.1 Å². The van der Waals surface area contributed by atoms with Gasteiger partial charge in [-0.15, -0.1) is 0 Å². The van der Waals surface area contributed by atoms with Gasteiger partial charge in [-0.1, -0.05) is 12.1 Å². The molecule has 0 fully saturated rings. The lowest BCUT2D eigenvalue weighted by atomic mass is 10.2. The van der Waals surface area contributed by atoms with Gasteiger partial charge < -0.3 is 10.5 Å². The highest BCUT2D eigenvalue weighted by Crippen LogP contribution is 2.19. The van der Waals surface area contributed by atoms with Crippen LogP contribution in [-0.2, 0) is 14.6 Å². The van der Waals surface area contributed by atoms with Crippen molar-refractivity contribution in [3.05, 3.63) is 29.3 Å². The Balaban J connectivity index is 3.02. The maximum atomic E-state index is 12.3. The third-order valence-electron chi connectivity index (χ3n) is 2.75. The van der Waals surface area contributed by atoms with E-state index in [-0.39, 0.29) is 12.3 Å². The third-order valence-corrected chi connectivity index (χ3v) is 4.67. The predicted octanol–water partition coefficient (Wildman–Crippen LogP) is 1.44. The smallest absolute Gasteiger partial charge is 0.181 e. The quantitative estimate of drug-likeness (QED) is 0.850. The van der Waals surface area contributed by atoms with Gasteiger partial charge >= 0.3 is 0 Å². The van der Waals surface area contributed by atoms with Crippen LogP contribution in [-0.4, -0.2) is 33.4 Å². The lowest BCUT2D eigenvalue weighted by Crippen LogP contribution is -2.31. The SMILES string of the molecule is CCOC(CN)CS(=O)(=O)c1cc(C)ccc1C. The van der Waals surface area contributed by atoms with Crippen LogP contribution in [0.4, 0.5) is 0 Å². The number of ether oxygens (including phenoxy) is 1. The third kappa shape index (κ3) is 3.80. The Morgan fingerprint density at radius 2 is 2.00 bits per heavy atom. The fraction of sp³-hybridized carbons (Fsp3) is 0.538. The maximum absolute atomic E-state index is 12.3. The van der Waals surface area contributed by atoms with E-state index in [1.54, 1.807) is 13.0 Å². The standard InChI is InChI=1S/C13H21NO3S/c1-4-17-12(8-14)9-18(15,16)13-7-10(2)5-6-11(13)3/h5-7,12H,4,8-9,14H2,1-3H3. The number of nitrogens with two attached hydrogens (primary N) is 1. The zero-order valence-electron chi connectivity index (χ0n) is 11.1. The van der Waals surface area contributed by atoms with Gasteiger partial charge in [0.25, 0.3) is 0 Å². The monoisotopic (exact) mass is 271 g/mol. The summed E-state index contributed by atoms with van der Waals surface area (Å²) in [6, 6.07) is 5.42. The molecular weight excluding hydrogens is 250 g/mol. The van der Waals surface area contributed by atoms with Crippen molar-refractivity contribution in [3.8, 4) is 0 Å². The van der Waals surface area contributed by atoms with Gasteiger partial charge in [-0.05, 0) is 38.0 Å². The summed E-state index contributed by atoms with van der Waals surface area (Å²) in [6.45, 7) is 6.17. The van der Waals surface area contributed by atoms with Gasteiger partial charge in [0, 0.05) is 13.2 Å². The summed E-state index contributed by atoms with van der Waals surface area (Å²) in [5.41, 5.74) is 7.21. The second-order valence-electron chi connectivity index (χ2n) is 4.36. The van der Waals surface area contributed by atoms with Crippen molar-refractivity contribution < 1.29 is 13.2 Å². The molecule has 0 amide bonds. The summed E-state index contributed by atoms with van der Waals surface area (Å²) < 4.78 is 29.9. The van der Waals surface area contributed by atoms with Crippen LogP contribution in [0.2, 0.25) is 0 Å². The van der Waals surface area contributed by atoms with Crippen molar-refractivity contribution in [2.45, 2.75) is 31.8 Å². The zero-order chi connectivity index (χ0) is 13.8. The fourth-order valence-electron chi connectivity index (χ4n) is 1.80. The van der Waals surface area contributed by atoms with Gasteiger partial charge in [-0.2, -0.15) is 0 Å². The topological polar surface area (TPSA) is 69.4 Å². The van der Waals surface area contributed by atoms with Crippen LogP contribution in [0.3, 0.4) is 0 Å². The summed E-state index contributed by atoms with van der Waals surface area (Å²) in [7, 11) is -3.35. The predicted molar refractivity (Wildman–Crippen MR) is 72.4 cm³/mol. The zero-order valence-corrected chi connectivity index (χ0v) is 12.0. The molecule has 1 unspecified atom stereocenters. The molecule has 102 valence electrons. The number of aryl methyl sites for hydroxylation is 2. The molecule has 1 aromatic rings. The van der Waals surface area contributed by atoms with E-state index in [4.69, 9.17) is 10.5 Å². The Kier molecular flexibility index (Phi) is 5.31. The molecule has 1 atom stereocenters. The minimum Gasteiger partial charge on any atom is -0.376 e. The molecule has 0 heterocycles. The lowest BCUT2D eigenvalue weighted by Gasteiger charge is -2.16. The molecule has 0 saturated carbocycles. The van der Waals surface area contributed by atoms with E-state index in [9.17, 15) is 8.42 Å². The van der Waals surface area contributed by atoms with Crippen LogP contribution in [0.25, 0.3) is 0 Å². The highest BCUT2D eigenvalue weighted by Gasteiger charge is 2.22. The van der Waals surface area contributed by atoms with E-state index in [2.05, 4.69) is 0 Å². The van der Waals surface area contributed by atoms with Crippen LogP contribution in [0.1, 0.15) is 18.1 Å². The molecular formula is C13H21NO3S. The normalized spacial score (nSPS) is 13.6. The first kappa shape index (κ1) is 15.1. The van der Waals surface area contributed by atoms with E-state index < -0.39 is 15.9 Å². The van der Waals surface area contributed by atoms with Crippen molar-refractivity contribution in [1.29, 1.82) is 0 Å². The second-order valence-corrected chi connectivity index (χ2v) is 6.37. The summed E-state index contributed by atoms with van der Waals surface area (Å²) >= 11 is 0. The van der Waals surface area contributed by atoms with Gasteiger partial charge in [-0.3, -0.25) is 0 Å². The second kappa shape index (κ2) is 6.31. The number of rotatable bonds is 6. The van der Waals surface area contributed by atoms with E-state index >= 15 is 0 Å². The summed E-state index contributed by atoms with van der Waals surface area (Å²) in [6.07, 6.45) is -0.445. The summed E-state index contributed by atoms with van der Waals surface area (Å²) in [5.74, 6) is -0.0678. The first-order chi connectivity index (χ1) is 8.40. The minimum absolute atomic E-state index is 0.0678. The van der Waals surface area contributed by atoms with E-state index in [1.165, 1.54) is 0 Å². The highest BCUT2D eigenvalue weighted by atomic mass is 32.2. The molecule has 0 aromatic heterocycles. The highest BCUT2D eigenvalue weighted by molar-refractivity contribution is 7.91. The molecule has 0 aliphatic heterocycles. The lowest BCUT2D eigenvalue weighted by molar-refractivity contribution is 0.0846. The molecule has 0 spiro atoms. The van der Waals surface area contributed by atoms with Gasteiger partial charge in [0.15, 0.2) is 9.84 Å². The first-order valence-electron chi connectivity index (χ1n) is 6.02. The Hall–Kier alpha value is -0.910. The number of hydrogen-bond acceptors (Lipinski definition) is 4. The van der Waals surface area contributed by atoms with Crippen LogP contribution < -0.4 is 5.73 Å². The Bertz CT molecular complexity index is 497. The van der Waals surface area contributed by atoms with Crippen molar-refractivity contribution in [2.24, 2.45) is 5.73 Å². The Morgan fingerprint density at radius 1 is 1.33 bits per heavy atom. The van der Waals surface area contributed by atoms with E-state index in [0.29, 0.717) is 11.5 Å². The average molecular weight is 271 g/mol. The fourth-order valence-corrected chi connectivity index (χ4v) is 3.62. The van der Waals surface area contributed by atoms with Crippen LogP contribution in [0.5, 0.6) is 0 Å². The number of hydrogen-bond donors (Lipinski definition) is 1. The average Bonchev–Trinajstić information content (AvgIpc) is 2.31. The van der Waals surface area contributed by atoms with Crippen molar-refractivity contribution in [3.63, 3.8) is 0 Å². The molecule has 0 aliphatic rings. The first-order valence-corrected chi connectivity index (χ1v) is 7.67. The number of sulfone groups is 1. The molecule has 0 aliphatic carbocycles. The van der Waals surface area contributed by atoms with Crippen molar-refractivity contribution >= 4 is 9.84 Å². The van der Waals surface area contributed by atoms with Gasteiger partial charge in [0.2, 0.25) is 0 Å². The molecule has 4 nitrogen and oxygen atoms in total. The van der Waals surface area contributed by atoms with E-state index in [0.717, 1.165) is 11.1 Å². The van der Waals surface area contributed by atoms with Crippen LogP contribution in [0, 0.1) is 13.8 Å². The van der Waals surface area contributed by atoms with Crippen molar-refractivity contribution in [2.75, 3.05) is 18.9 Å². The van der Waals surface area contributed by atoms with Gasteiger partial charge in [0.1, 0.15) is 0 Å². The Morgan fingerprint density at radius 3 is 2.56 bits per heavy atom. The Labute approximate surface area is 109 Å². The van der Waals surface area contributed by atoms with Crippen molar-refractivity contribution in [1.82, 2.24) is 0 Å². The number of benzene rings is 1. The molecule has 0 saturated heterocycles. The molecule has 5 heteroatoms.